The number of nitrogens with one attached hydrogen (secondary N) is 1. The molecule has 0 bridgehead atoms. The van der Waals surface area contributed by atoms with Crippen molar-refractivity contribution in [1.82, 2.24) is 9.88 Å². The average Bonchev–Trinajstić information content (AvgIpc) is 2.73. The van der Waals surface area contributed by atoms with E-state index < -0.39 is 6.10 Å². The third kappa shape index (κ3) is 4.00. The van der Waals surface area contributed by atoms with Gasteiger partial charge in [0.15, 0.2) is 0 Å². The summed E-state index contributed by atoms with van der Waals surface area (Å²) >= 11 is 11.9. The molecule has 1 amide bonds. The Morgan fingerprint density at radius 2 is 2.00 bits per heavy atom. The van der Waals surface area contributed by atoms with Crippen LogP contribution in [0.1, 0.15) is 23.8 Å². The molecule has 1 heterocycles. The van der Waals surface area contributed by atoms with Crippen LogP contribution in [0.5, 0.6) is 0 Å². The standard InChI is InChI=1S/C15H16Cl2N2O2/c1-19-11(7-12(16)15(19)17)9-18-14(21)8-13(20)10-5-3-2-4-6-10/h2-7,13,20H,8-9H2,1H3,(H,18,21). The van der Waals surface area contributed by atoms with Gasteiger partial charge < -0.3 is 15.0 Å². The van der Waals surface area contributed by atoms with Crippen LogP contribution in [0.2, 0.25) is 10.2 Å². The Balaban J connectivity index is 1.89. The number of aromatic nitrogens is 1. The highest BCUT2D eigenvalue weighted by Crippen LogP contribution is 2.25. The van der Waals surface area contributed by atoms with Gasteiger partial charge in [-0.1, -0.05) is 53.5 Å². The van der Waals surface area contributed by atoms with Gasteiger partial charge in [-0.3, -0.25) is 4.79 Å². The maximum Gasteiger partial charge on any atom is 0.223 e. The lowest BCUT2D eigenvalue weighted by atomic mass is 10.1. The Morgan fingerprint density at radius 3 is 2.57 bits per heavy atom. The van der Waals surface area contributed by atoms with Gasteiger partial charge in [-0.25, -0.2) is 0 Å². The minimum atomic E-state index is -0.813. The van der Waals surface area contributed by atoms with Gasteiger partial charge in [-0.15, -0.1) is 0 Å². The number of halogens is 2. The molecule has 0 fully saturated rings. The number of rotatable bonds is 5. The summed E-state index contributed by atoms with van der Waals surface area (Å²) in [6.07, 6.45) is -0.803. The quantitative estimate of drug-likeness (QED) is 0.887. The van der Waals surface area contributed by atoms with Gasteiger partial charge in [0.05, 0.1) is 24.1 Å². The van der Waals surface area contributed by atoms with Gasteiger partial charge in [0.1, 0.15) is 5.15 Å². The van der Waals surface area contributed by atoms with E-state index in [2.05, 4.69) is 5.32 Å². The molecule has 0 radical (unpaired) electrons. The lowest BCUT2D eigenvalue weighted by Gasteiger charge is -2.11. The Kier molecular flexibility index (Phi) is 5.28. The number of hydrogen-bond donors (Lipinski definition) is 2. The van der Waals surface area contributed by atoms with Crippen LogP contribution in [0, 0.1) is 0 Å². The van der Waals surface area contributed by atoms with E-state index in [9.17, 15) is 9.90 Å². The molecule has 0 aliphatic carbocycles. The Morgan fingerprint density at radius 1 is 1.33 bits per heavy atom. The molecule has 2 rings (SSSR count). The van der Waals surface area contributed by atoms with Crippen molar-refractivity contribution in [2.24, 2.45) is 7.05 Å². The number of carbonyl (C=O) groups excluding carboxylic acids is 1. The molecule has 21 heavy (non-hydrogen) atoms. The number of carbonyl (C=O) groups is 1. The largest absolute Gasteiger partial charge is 0.388 e. The summed E-state index contributed by atoms with van der Waals surface area (Å²) in [6, 6.07) is 10.8. The highest BCUT2D eigenvalue weighted by molar-refractivity contribution is 6.41. The lowest BCUT2D eigenvalue weighted by Crippen LogP contribution is -2.25. The fourth-order valence-corrected chi connectivity index (χ4v) is 2.40. The summed E-state index contributed by atoms with van der Waals surface area (Å²) < 4.78 is 1.71. The molecule has 1 aromatic heterocycles. The SMILES string of the molecule is Cn1c(CNC(=O)CC(O)c2ccccc2)cc(Cl)c1Cl. The van der Waals surface area contributed by atoms with Crippen molar-refractivity contribution in [3.63, 3.8) is 0 Å². The number of hydrogen-bond acceptors (Lipinski definition) is 2. The van der Waals surface area contributed by atoms with Crippen LogP contribution in [0.3, 0.4) is 0 Å². The van der Waals surface area contributed by atoms with Crippen LogP contribution in [0.4, 0.5) is 0 Å². The molecule has 1 unspecified atom stereocenters. The van der Waals surface area contributed by atoms with Gasteiger partial charge >= 0.3 is 0 Å². The van der Waals surface area contributed by atoms with Gasteiger partial charge in [0.25, 0.3) is 0 Å². The second-order valence-electron chi connectivity index (χ2n) is 4.74. The topological polar surface area (TPSA) is 54.3 Å². The van der Waals surface area contributed by atoms with Crippen molar-refractivity contribution < 1.29 is 9.90 Å². The fourth-order valence-electron chi connectivity index (χ4n) is 1.99. The van der Waals surface area contributed by atoms with E-state index in [0.29, 0.717) is 16.7 Å². The lowest BCUT2D eigenvalue weighted by molar-refractivity contribution is -0.123. The van der Waals surface area contributed by atoms with Gasteiger partial charge in [-0.2, -0.15) is 0 Å². The maximum absolute atomic E-state index is 11.9. The average molecular weight is 327 g/mol. The summed E-state index contributed by atoms with van der Waals surface area (Å²) in [5, 5.41) is 13.6. The normalized spacial score (nSPS) is 12.2. The fraction of sp³-hybridized carbons (Fsp3) is 0.267. The molecule has 4 nitrogen and oxygen atoms in total. The van der Waals surface area contributed by atoms with Gasteiger partial charge in [-0.05, 0) is 11.6 Å². The summed E-state index contributed by atoms with van der Waals surface area (Å²) in [4.78, 5) is 11.9. The number of benzene rings is 1. The minimum Gasteiger partial charge on any atom is -0.388 e. The first-order valence-corrected chi connectivity index (χ1v) is 7.24. The molecule has 0 saturated heterocycles. The van der Waals surface area contributed by atoms with E-state index >= 15 is 0 Å². The second-order valence-corrected chi connectivity index (χ2v) is 5.51. The predicted molar refractivity (Wildman–Crippen MR) is 83.3 cm³/mol. The van der Waals surface area contributed by atoms with Crippen LogP contribution in [0.15, 0.2) is 36.4 Å². The zero-order valence-electron chi connectivity index (χ0n) is 11.5. The summed E-state index contributed by atoms with van der Waals surface area (Å²) in [7, 11) is 1.77. The van der Waals surface area contributed by atoms with Crippen molar-refractivity contribution >= 4 is 29.1 Å². The number of amides is 1. The molecule has 0 aliphatic rings. The monoisotopic (exact) mass is 326 g/mol. The molecule has 0 saturated carbocycles. The number of aliphatic hydroxyl groups excluding tert-OH is 1. The van der Waals surface area contributed by atoms with Gasteiger partial charge in [0, 0.05) is 12.7 Å². The molecule has 1 atom stereocenters. The van der Waals surface area contributed by atoms with Crippen LogP contribution in [-0.2, 0) is 18.4 Å². The zero-order valence-corrected chi connectivity index (χ0v) is 13.0. The van der Waals surface area contributed by atoms with Crippen molar-refractivity contribution in [2.75, 3.05) is 0 Å². The third-order valence-electron chi connectivity index (χ3n) is 3.25. The van der Waals surface area contributed by atoms with E-state index in [1.165, 1.54) is 0 Å². The Labute approximate surface area is 133 Å². The Hall–Kier alpha value is -1.49. The summed E-state index contributed by atoms with van der Waals surface area (Å²) in [6.45, 7) is 0.309. The van der Waals surface area contributed by atoms with Crippen molar-refractivity contribution in [1.29, 1.82) is 0 Å². The van der Waals surface area contributed by atoms with Crippen molar-refractivity contribution in [3.8, 4) is 0 Å². The molecular formula is C15H16Cl2N2O2. The molecule has 2 N–H and O–H groups in total. The molecule has 2 aromatic rings. The number of nitrogens with zero attached hydrogens (tertiary/aromatic N) is 1. The second kappa shape index (κ2) is 6.98. The van der Waals surface area contributed by atoms with Crippen molar-refractivity contribution in [3.05, 3.63) is 57.8 Å². The van der Waals surface area contributed by atoms with Crippen LogP contribution in [-0.4, -0.2) is 15.6 Å². The van der Waals surface area contributed by atoms with E-state index in [0.717, 1.165) is 11.3 Å². The maximum atomic E-state index is 11.9. The van der Waals surface area contributed by atoms with Gasteiger partial charge in [0.2, 0.25) is 5.91 Å². The molecule has 6 heteroatoms. The first-order valence-electron chi connectivity index (χ1n) is 6.48. The molecular weight excluding hydrogens is 311 g/mol. The van der Waals surface area contributed by atoms with E-state index in [1.807, 2.05) is 18.2 Å². The van der Waals surface area contributed by atoms with Crippen LogP contribution in [0.25, 0.3) is 0 Å². The molecule has 1 aromatic carbocycles. The summed E-state index contributed by atoms with van der Waals surface area (Å²) in [5.74, 6) is -0.236. The number of aliphatic hydroxyl groups is 1. The minimum absolute atomic E-state index is 0.00982. The predicted octanol–water partition coefficient (Wildman–Crippen LogP) is 3.07. The smallest absolute Gasteiger partial charge is 0.223 e. The highest BCUT2D eigenvalue weighted by Gasteiger charge is 2.14. The Bertz CT molecular complexity index is 626. The summed E-state index contributed by atoms with van der Waals surface area (Å²) in [5.41, 5.74) is 1.52. The van der Waals surface area contributed by atoms with E-state index in [-0.39, 0.29) is 12.3 Å². The van der Waals surface area contributed by atoms with Crippen LogP contribution >= 0.6 is 23.2 Å². The highest BCUT2D eigenvalue weighted by atomic mass is 35.5. The zero-order chi connectivity index (χ0) is 15.4. The van der Waals surface area contributed by atoms with Crippen molar-refractivity contribution in [2.45, 2.75) is 19.1 Å². The third-order valence-corrected chi connectivity index (χ3v) is 4.09. The van der Waals surface area contributed by atoms with E-state index in [4.69, 9.17) is 23.2 Å². The van der Waals surface area contributed by atoms with Crippen LogP contribution < -0.4 is 5.32 Å². The first kappa shape index (κ1) is 15.9. The molecule has 112 valence electrons. The van der Waals surface area contributed by atoms with E-state index in [1.54, 1.807) is 29.8 Å². The molecule has 0 aliphatic heterocycles. The first-order chi connectivity index (χ1) is 9.99. The molecule has 0 spiro atoms.